The Labute approximate surface area is 157 Å². The van der Waals surface area contributed by atoms with Crippen molar-refractivity contribution in [3.8, 4) is 5.75 Å². The first-order valence-electron chi connectivity index (χ1n) is 8.25. The van der Waals surface area contributed by atoms with Gasteiger partial charge in [-0.05, 0) is 54.9 Å². The predicted octanol–water partition coefficient (Wildman–Crippen LogP) is 3.73. The SMILES string of the molecule is CC(C)c1ccccc1O[C@@H](C)C(=O)NNC(=S)Nc1cccc(F)c1. The predicted molar refractivity (Wildman–Crippen MR) is 105 cm³/mol. The van der Waals surface area contributed by atoms with Gasteiger partial charge in [-0.3, -0.25) is 15.6 Å². The van der Waals surface area contributed by atoms with E-state index in [9.17, 15) is 9.18 Å². The summed E-state index contributed by atoms with van der Waals surface area (Å²) in [7, 11) is 0. The van der Waals surface area contributed by atoms with Crippen molar-refractivity contribution in [2.75, 3.05) is 5.32 Å². The molecule has 0 aliphatic heterocycles. The molecule has 0 fully saturated rings. The number of hydrogen-bond acceptors (Lipinski definition) is 3. The molecule has 0 heterocycles. The second-order valence-electron chi connectivity index (χ2n) is 6.03. The average molecular weight is 375 g/mol. The van der Waals surface area contributed by atoms with Crippen molar-refractivity contribution >= 4 is 28.9 Å². The zero-order valence-corrected chi connectivity index (χ0v) is 15.7. The third kappa shape index (κ3) is 5.70. The molecule has 5 nitrogen and oxygen atoms in total. The highest BCUT2D eigenvalue weighted by atomic mass is 32.1. The molecule has 1 atom stereocenters. The lowest BCUT2D eigenvalue weighted by molar-refractivity contribution is -0.127. The molecule has 2 rings (SSSR count). The van der Waals surface area contributed by atoms with Gasteiger partial charge in [0.05, 0.1) is 0 Å². The molecule has 0 radical (unpaired) electrons. The maximum atomic E-state index is 13.1. The van der Waals surface area contributed by atoms with Crippen LogP contribution >= 0.6 is 12.2 Å². The summed E-state index contributed by atoms with van der Waals surface area (Å²) in [5.41, 5.74) is 6.56. The number of hydrogen-bond donors (Lipinski definition) is 3. The van der Waals surface area contributed by atoms with Crippen molar-refractivity contribution in [1.82, 2.24) is 10.9 Å². The molecule has 0 bridgehead atoms. The summed E-state index contributed by atoms with van der Waals surface area (Å²) in [4.78, 5) is 12.2. The number of rotatable bonds is 5. The van der Waals surface area contributed by atoms with Gasteiger partial charge in [0.2, 0.25) is 0 Å². The standard InChI is InChI=1S/C19H22FN3O2S/c1-12(2)16-9-4-5-10-17(16)25-13(3)18(24)22-23-19(26)21-15-8-6-7-14(20)11-15/h4-13H,1-3H3,(H,22,24)(H2,21,23,26)/t13-/m0/s1. The fourth-order valence-corrected chi connectivity index (χ4v) is 2.43. The maximum Gasteiger partial charge on any atom is 0.279 e. The number of hydrazine groups is 1. The third-order valence-corrected chi connectivity index (χ3v) is 3.80. The van der Waals surface area contributed by atoms with E-state index in [2.05, 4.69) is 30.0 Å². The Morgan fingerprint density at radius 2 is 1.81 bits per heavy atom. The van der Waals surface area contributed by atoms with Crippen molar-refractivity contribution in [3.63, 3.8) is 0 Å². The van der Waals surface area contributed by atoms with Gasteiger partial charge in [0, 0.05) is 5.69 Å². The van der Waals surface area contributed by atoms with Crippen LogP contribution in [0.3, 0.4) is 0 Å². The van der Waals surface area contributed by atoms with Gasteiger partial charge in [-0.15, -0.1) is 0 Å². The number of benzene rings is 2. The molecule has 0 aromatic heterocycles. The van der Waals surface area contributed by atoms with Gasteiger partial charge in [0.25, 0.3) is 5.91 Å². The first kappa shape index (κ1) is 19.7. The Balaban J connectivity index is 1.86. The quantitative estimate of drug-likeness (QED) is 0.549. The lowest BCUT2D eigenvalue weighted by atomic mass is 10.0. The van der Waals surface area contributed by atoms with Crippen molar-refractivity contribution in [2.45, 2.75) is 32.8 Å². The van der Waals surface area contributed by atoms with Crippen molar-refractivity contribution in [3.05, 3.63) is 59.9 Å². The van der Waals surface area contributed by atoms with Crippen LogP contribution in [0.5, 0.6) is 5.75 Å². The normalized spacial score (nSPS) is 11.6. The van der Waals surface area contributed by atoms with Crippen LogP contribution in [-0.4, -0.2) is 17.1 Å². The summed E-state index contributed by atoms with van der Waals surface area (Å²) in [5.74, 6) is 0.188. The van der Waals surface area contributed by atoms with Crippen LogP contribution < -0.4 is 20.9 Å². The van der Waals surface area contributed by atoms with Gasteiger partial charge in [-0.25, -0.2) is 4.39 Å². The van der Waals surface area contributed by atoms with E-state index in [4.69, 9.17) is 17.0 Å². The lowest BCUT2D eigenvalue weighted by Crippen LogP contribution is -2.48. The molecule has 2 aromatic rings. The minimum absolute atomic E-state index is 0.138. The van der Waals surface area contributed by atoms with Crippen molar-refractivity contribution in [1.29, 1.82) is 0 Å². The summed E-state index contributed by atoms with van der Waals surface area (Å²) in [6.45, 7) is 5.77. The molecule has 0 saturated carbocycles. The molecule has 0 spiro atoms. The number of para-hydroxylation sites is 1. The van der Waals surface area contributed by atoms with E-state index >= 15 is 0 Å². The molecule has 26 heavy (non-hydrogen) atoms. The first-order chi connectivity index (χ1) is 12.4. The van der Waals surface area contributed by atoms with Crippen LogP contribution in [0.1, 0.15) is 32.3 Å². The minimum Gasteiger partial charge on any atom is -0.481 e. The van der Waals surface area contributed by atoms with Crippen LogP contribution in [0, 0.1) is 5.82 Å². The highest BCUT2D eigenvalue weighted by Gasteiger charge is 2.17. The molecule has 0 saturated heterocycles. The molecule has 3 N–H and O–H groups in total. The minimum atomic E-state index is -0.723. The summed E-state index contributed by atoms with van der Waals surface area (Å²) < 4.78 is 18.9. The van der Waals surface area contributed by atoms with Crippen LogP contribution in [0.15, 0.2) is 48.5 Å². The fraction of sp³-hybridized carbons (Fsp3) is 0.263. The molecule has 138 valence electrons. The first-order valence-corrected chi connectivity index (χ1v) is 8.65. The number of nitrogens with one attached hydrogen (secondary N) is 3. The number of carbonyl (C=O) groups excluding carboxylic acids is 1. The summed E-state index contributed by atoms with van der Waals surface area (Å²) in [5, 5.41) is 2.91. The molecule has 0 aliphatic carbocycles. The number of thiocarbonyl (C=S) groups is 1. The summed E-state index contributed by atoms with van der Waals surface area (Å²) in [6.07, 6.45) is -0.723. The Morgan fingerprint density at radius 3 is 2.50 bits per heavy atom. The van der Waals surface area contributed by atoms with E-state index in [1.165, 1.54) is 12.1 Å². The molecule has 0 aliphatic rings. The molecule has 2 aromatic carbocycles. The van der Waals surface area contributed by atoms with Gasteiger partial charge in [-0.2, -0.15) is 0 Å². The van der Waals surface area contributed by atoms with Gasteiger partial charge >= 0.3 is 0 Å². The van der Waals surface area contributed by atoms with Crippen LogP contribution in [0.25, 0.3) is 0 Å². The summed E-state index contributed by atoms with van der Waals surface area (Å²) in [6, 6.07) is 13.5. The van der Waals surface area contributed by atoms with Gasteiger partial charge < -0.3 is 10.1 Å². The van der Waals surface area contributed by atoms with Crippen LogP contribution in [0.2, 0.25) is 0 Å². The second-order valence-corrected chi connectivity index (χ2v) is 6.44. The zero-order valence-electron chi connectivity index (χ0n) is 14.9. The number of ether oxygens (including phenoxy) is 1. The van der Waals surface area contributed by atoms with Crippen molar-refractivity contribution < 1.29 is 13.9 Å². The van der Waals surface area contributed by atoms with Gasteiger partial charge in [-0.1, -0.05) is 38.1 Å². The number of anilines is 1. The van der Waals surface area contributed by atoms with Gasteiger partial charge in [0.1, 0.15) is 11.6 Å². The smallest absolute Gasteiger partial charge is 0.279 e. The summed E-state index contributed by atoms with van der Waals surface area (Å²) >= 11 is 5.07. The molecule has 0 unspecified atom stereocenters. The Hall–Kier alpha value is -2.67. The Kier molecular flexibility index (Phi) is 6.91. The van der Waals surface area contributed by atoms with Crippen LogP contribution in [0.4, 0.5) is 10.1 Å². The van der Waals surface area contributed by atoms with E-state index in [1.807, 2.05) is 24.3 Å². The Morgan fingerprint density at radius 1 is 1.08 bits per heavy atom. The molecule has 7 heteroatoms. The zero-order chi connectivity index (χ0) is 19.1. The molecular formula is C19H22FN3O2S. The number of halogens is 1. The lowest BCUT2D eigenvalue weighted by Gasteiger charge is -2.19. The average Bonchev–Trinajstić information content (AvgIpc) is 2.60. The van der Waals surface area contributed by atoms with E-state index in [1.54, 1.807) is 19.1 Å². The molecular weight excluding hydrogens is 353 g/mol. The third-order valence-electron chi connectivity index (χ3n) is 3.60. The largest absolute Gasteiger partial charge is 0.481 e. The topological polar surface area (TPSA) is 62.4 Å². The van der Waals surface area contributed by atoms with E-state index < -0.39 is 6.10 Å². The van der Waals surface area contributed by atoms with Gasteiger partial charge in [0.15, 0.2) is 11.2 Å². The van der Waals surface area contributed by atoms with E-state index in [-0.39, 0.29) is 22.8 Å². The van der Waals surface area contributed by atoms with Crippen LogP contribution in [-0.2, 0) is 4.79 Å². The van der Waals surface area contributed by atoms with E-state index in [0.717, 1.165) is 5.56 Å². The monoisotopic (exact) mass is 375 g/mol. The fourth-order valence-electron chi connectivity index (χ4n) is 2.26. The Bertz CT molecular complexity index is 783. The highest BCUT2D eigenvalue weighted by Crippen LogP contribution is 2.26. The van der Waals surface area contributed by atoms with E-state index in [0.29, 0.717) is 11.4 Å². The second kappa shape index (κ2) is 9.15. The van der Waals surface area contributed by atoms with Crippen molar-refractivity contribution in [2.24, 2.45) is 0 Å². The number of amides is 1. The molecule has 1 amide bonds. The maximum absolute atomic E-state index is 13.1. The number of carbonyl (C=O) groups is 1. The highest BCUT2D eigenvalue weighted by molar-refractivity contribution is 7.80.